The van der Waals surface area contributed by atoms with Gasteiger partial charge in [-0.05, 0) is 33.2 Å². The van der Waals surface area contributed by atoms with Crippen molar-refractivity contribution in [1.82, 2.24) is 5.32 Å². The maximum absolute atomic E-state index is 11.2. The summed E-state index contributed by atoms with van der Waals surface area (Å²) in [5.41, 5.74) is 4.98. The van der Waals surface area contributed by atoms with Crippen LogP contribution in [0.4, 0.5) is 4.79 Å². The lowest BCUT2D eigenvalue weighted by Crippen LogP contribution is -2.34. The van der Waals surface area contributed by atoms with Crippen molar-refractivity contribution in [2.24, 2.45) is 11.7 Å². The van der Waals surface area contributed by atoms with Crippen LogP contribution in [0.2, 0.25) is 0 Å². The zero-order valence-electron chi connectivity index (χ0n) is 10.7. The molecule has 1 atom stereocenters. The zero-order chi connectivity index (χ0) is 12.6. The molecular formula is C11H24N2O3. The molecule has 0 aromatic carbocycles. The number of nitrogens with one attached hydrogen (secondary N) is 1. The Morgan fingerprint density at radius 3 is 2.56 bits per heavy atom. The number of alkyl carbamates (subject to hydrolysis) is 1. The van der Waals surface area contributed by atoms with Gasteiger partial charge in [0.25, 0.3) is 0 Å². The number of nitrogens with two attached hydrogens (primary N) is 1. The van der Waals surface area contributed by atoms with E-state index in [1.54, 1.807) is 0 Å². The van der Waals surface area contributed by atoms with Crippen molar-refractivity contribution in [2.75, 3.05) is 26.3 Å². The van der Waals surface area contributed by atoms with Gasteiger partial charge in [-0.2, -0.15) is 0 Å². The van der Waals surface area contributed by atoms with Gasteiger partial charge in [-0.15, -0.1) is 0 Å². The van der Waals surface area contributed by atoms with Crippen LogP contribution in [0.5, 0.6) is 0 Å². The first-order valence-corrected chi connectivity index (χ1v) is 5.60. The number of carbonyl (C=O) groups excluding carboxylic acids is 1. The molecule has 3 N–H and O–H groups in total. The first-order chi connectivity index (χ1) is 7.35. The fourth-order valence-electron chi connectivity index (χ4n) is 0.892. The van der Waals surface area contributed by atoms with E-state index in [2.05, 4.69) is 5.32 Å². The maximum Gasteiger partial charge on any atom is 0.407 e. The number of ether oxygens (including phenoxy) is 2. The molecule has 0 aliphatic carbocycles. The molecule has 0 saturated carbocycles. The van der Waals surface area contributed by atoms with Crippen LogP contribution in [0, 0.1) is 5.92 Å². The van der Waals surface area contributed by atoms with Crippen LogP contribution in [0.15, 0.2) is 0 Å². The lowest BCUT2D eigenvalue weighted by molar-refractivity contribution is 0.0489. The summed E-state index contributed by atoms with van der Waals surface area (Å²) in [7, 11) is 0. The minimum atomic E-state index is -0.459. The third kappa shape index (κ3) is 9.73. The summed E-state index contributed by atoms with van der Waals surface area (Å²) in [5.74, 6) is 0.349. The first kappa shape index (κ1) is 15.2. The van der Waals surface area contributed by atoms with Crippen molar-refractivity contribution in [3.05, 3.63) is 0 Å². The van der Waals surface area contributed by atoms with Gasteiger partial charge in [-0.1, -0.05) is 6.92 Å². The lowest BCUT2D eigenvalue weighted by Gasteiger charge is -2.19. The number of amides is 1. The summed E-state index contributed by atoms with van der Waals surface area (Å²) in [6, 6.07) is 0. The Morgan fingerprint density at radius 2 is 2.06 bits per heavy atom. The Bertz CT molecular complexity index is 202. The average molecular weight is 232 g/mol. The molecule has 1 amide bonds. The number of hydrogen-bond donors (Lipinski definition) is 2. The minimum absolute atomic E-state index is 0.349. The zero-order valence-corrected chi connectivity index (χ0v) is 10.7. The van der Waals surface area contributed by atoms with E-state index in [-0.39, 0.29) is 0 Å². The van der Waals surface area contributed by atoms with Crippen molar-refractivity contribution >= 4 is 6.09 Å². The van der Waals surface area contributed by atoms with Gasteiger partial charge in [0.1, 0.15) is 5.60 Å². The normalized spacial score (nSPS) is 13.3. The van der Waals surface area contributed by atoms with Gasteiger partial charge in [0.05, 0.1) is 13.2 Å². The smallest absolute Gasteiger partial charge is 0.407 e. The Kier molecular flexibility index (Phi) is 7.08. The molecule has 96 valence electrons. The van der Waals surface area contributed by atoms with Crippen molar-refractivity contribution in [3.8, 4) is 0 Å². The molecule has 5 nitrogen and oxygen atoms in total. The van der Waals surface area contributed by atoms with E-state index in [1.165, 1.54) is 0 Å². The molecule has 0 aliphatic rings. The van der Waals surface area contributed by atoms with Crippen molar-refractivity contribution in [2.45, 2.75) is 33.3 Å². The maximum atomic E-state index is 11.2. The van der Waals surface area contributed by atoms with Gasteiger partial charge < -0.3 is 20.5 Å². The molecule has 0 bridgehead atoms. The summed E-state index contributed by atoms with van der Waals surface area (Å²) < 4.78 is 10.4. The standard InChI is InChI=1S/C11H24N2O3/c1-9(7-12)8-15-6-5-13-10(14)16-11(2,3)4/h9H,5-8,12H2,1-4H3,(H,13,14)/t9-/m0/s1. The predicted octanol–water partition coefficient (Wildman–Crippen LogP) is 1.12. The molecule has 0 fully saturated rings. The molecule has 0 saturated heterocycles. The summed E-state index contributed by atoms with van der Waals surface area (Å²) >= 11 is 0. The Hall–Kier alpha value is -0.810. The summed E-state index contributed by atoms with van der Waals surface area (Å²) in [4.78, 5) is 11.2. The minimum Gasteiger partial charge on any atom is -0.444 e. The van der Waals surface area contributed by atoms with Gasteiger partial charge in [-0.25, -0.2) is 4.79 Å². The lowest BCUT2D eigenvalue weighted by atomic mass is 10.2. The molecule has 0 rings (SSSR count). The van der Waals surface area contributed by atoms with Gasteiger partial charge >= 0.3 is 6.09 Å². The third-order valence-corrected chi connectivity index (χ3v) is 1.72. The summed E-state index contributed by atoms with van der Waals surface area (Å²) in [6.45, 7) is 9.65. The van der Waals surface area contributed by atoms with Crippen LogP contribution in [-0.4, -0.2) is 38.0 Å². The van der Waals surface area contributed by atoms with E-state index in [0.29, 0.717) is 32.2 Å². The highest BCUT2D eigenvalue weighted by atomic mass is 16.6. The number of carbonyl (C=O) groups is 1. The second kappa shape index (κ2) is 7.46. The fraction of sp³-hybridized carbons (Fsp3) is 0.909. The molecule has 0 aromatic heterocycles. The van der Waals surface area contributed by atoms with E-state index in [4.69, 9.17) is 15.2 Å². The molecule has 0 heterocycles. The van der Waals surface area contributed by atoms with Crippen LogP contribution in [0.25, 0.3) is 0 Å². The summed E-state index contributed by atoms with van der Waals surface area (Å²) in [5, 5.41) is 2.61. The highest BCUT2D eigenvalue weighted by Crippen LogP contribution is 2.06. The number of rotatable bonds is 6. The Morgan fingerprint density at radius 1 is 1.44 bits per heavy atom. The van der Waals surface area contributed by atoms with Crippen molar-refractivity contribution < 1.29 is 14.3 Å². The molecule has 0 unspecified atom stereocenters. The molecule has 0 spiro atoms. The predicted molar refractivity (Wildman–Crippen MR) is 63.3 cm³/mol. The molecular weight excluding hydrogens is 208 g/mol. The van der Waals surface area contributed by atoms with Crippen molar-refractivity contribution in [1.29, 1.82) is 0 Å². The van der Waals surface area contributed by atoms with E-state index < -0.39 is 11.7 Å². The molecule has 16 heavy (non-hydrogen) atoms. The molecule has 5 heteroatoms. The van der Waals surface area contributed by atoms with Gasteiger partial charge in [-0.3, -0.25) is 0 Å². The van der Waals surface area contributed by atoms with Crippen LogP contribution in [0.3, 0.4) is 0 Å². The van der Waals surface area contributed by atoms with Gasteiger partial charge in [0.2, 0.25) is 0 Å². The Labute approximate surface area is 97.7 Å². The van der Waals surface area contributed by atoms with E-state index in [9.17, 15) is 4.79 Å². The average Bonchev–Trinajstić information content (AvgIpc) is 2.14. The van der Waals surface area contributed by atoms with Gasteiger partial charge in [0.15, 0.2) is 0 Å². The van der Waals surface area contributed by atoms with Crippen molar-refractivity contribution in [3.63, 3.8) is 0 Å². The van der Waals surface area contributed by atoms with E-state index in [0.717, 1.165) is 0 Å². The topological polar surface area (TPSA) is 73.6 Å². The van der Waals surface area contributed by atoms with Gasteiger partial charge in [0, 0.05) is 6.54 Å². The summed E-state index contributed by atoms with van der Waals surface area (Å²) in [6.07, 6.45) is -0.414. The fourth-order valence-corrected chi connectivity index (χ4v) is 0.892. The van der Waals surface area contributed by atoms with Crippen LogP contribution in [-0.2, 0) is 9.47 Å². The quantitative estimate of drug-likeness (QED) is 0.673. The van der Waals surface area contributed by atoms with Crippen LogP contribution < -0.4 is 11.1 Å². The highest BCUT2D eigenvalue weighted by Gasteiger charge is 2.15. The van der Waals surface area contributed by atoms with Crippen LogP contribution in [0.1, 0.15) is 27.7 Å². The highest BCUT2D eigenvalue weighted by molar-refractivity contribution is 5.67. The third-order valence-electron chi connectivity index (χ3n) is 1.72. The monoisotopic (exact) mass is 232 g/mol. The first-order valence-electron chi connectivity index (χ1n) is 5.60. The largest absolute Gasteiger partial charge is 0.444 e. The second-order valence-corrected chi connectivity index (χ2v) is 4.84. The molecule has 0 aliphatic heterocycles. The molecule has 0 radical (unpaired) electrons. The second-order valence-electron chi connectivity index (χ2n) is 4.84. The number of hydrogen-bond acceptors (Lipinski definition) is 4. The van der Waals surface area contributed by atoms with E-state index >= 15 is 0 Å². The van der Waals surface area contributed by atoms with Crippen LogP contribution >= 0.6 is 0 Å². The van der Waals surface area contributed by atoms with E-state index in [1.807, 2.05) is 27.7 Å². The molecule has 0 aromatic rings. The Balaban J connectivity index is 3.42. The SMILES string of the molecule is C[C@@H](CN)COCCNC(=O)OC(C)(C)C.